The fourth-order valence-corrected chi connectivity index (χ4v) is 1.70. The van der Waals surface area contributed by atoms with Gasteiger partial charge < -0.3 is 10.8 Å². The second-order valence-corrected chi connectivity index (χ2v) is 5.09. The molecule has 0 saturated heterocycles. The summed E-state index contributed by atoms with van der Waals surface area (Å²) in [7, 11) is 0. The first-order valence-electron chi connectivity index (χ1n) is 4.63. The lowest BCUT2D eigenvalue weighted by atomic mass is 9.86. The Bertz CT molecular complexity index is 323. The van der Waals surface area contributed by atoms with Gasteiger partial charge in [-0.05, 0) is 45.9 Å². The van der Waals surface area contributed by atoms with E-state index < -0.39 is 0 Å². The van der Waals surface area contributed by atoms with Crippen LogP contribution in [0.15, 0.2) is 22.7 Å². The maximum absolute atomic E-state index is 9.49. The minimum absolute atomic E-state index is 0.0658. The number of phenols is 1. The minimum Gasteiger partial charge on any atom is -0.507 e. The van der Waals surface area contributed by atoms with Gasteiger partial charge in [-0.25, -0.2) is 0 Å². The van der Waals surface area contributed by atoms with E-state index in [1.807, 2.05) is 12.1 Å². The van der Waals surface area contributed by atoms with Crippen molar-refractivity contribution >= 4 is 15.9 Å². The summed E-state index contributed by atoms with van der Waals surface area (Å²) >= 11 is 3.37. The molecule has 0 saturated carbocycles. The van der Waals surface area contributed by atoms with Crippen LogP contribution in [-0.4, -0.2) is 11.7 Å². The molecular weight excluding hydrogens is 242 g/mol. The largest absolute Gasteiger partial charge is 0.507 e. The molecule has 1 aromatic rings. The predicted molar refractivity (Wildman–Crippen MR) is 62.3 cm³/mol. The molecule has 0 aliphatic heterocycles. The zero-order chi connectivity index (χ0) is 10.8. The Balaban J connectivity index is 2.92. The first kappa shape index (κ1) is 11.5. The Labute approximate surface area is 93.3 Å². The summed E-state index contributed by atoms with van der Waals surface area (Å²) in [6, 6.07) is 5.52. The van der Waals surface area contributed by atoms with Crippen LogP contribution in [0.2, 0.25) is 0 Å². The highest BCUT2D eigenvalue weighted by atomic mass is 79.9. The van der Waals surface area contributed by atoms with Gasteiger partial charge in [0.25, 0.3) is 0 Å². The number of rotatable bonds is 3. The van der Waals surface area contributed by atoms with Crippen LogP contribution < -0.4 is 5.73 Å². The third-order valence-electron chi connectivity index (χ3n) is 2.28. The molecule has 0 aliphatic carbocycles. The Morgan fingerprint density at radius 1 is 1.43 bits per heavy atom. The first-order valence-corrected chi connectivity index (χ1v) is 5.42. The average Bonchev–Trinajstić information content (AvgIpc) is 2.13. The van der Waals surface area contributed by atoms with E-state index in [1.54, 1.807) is 6.07 Å². The zero-order valence-corrected chi connectivity index (χ0v) is 10.1. The molecule has 0 atom stereocenters. The third-order valence-corrected chi connectivity index (χ3v) is 3.20. The molecule has 0 bridgehead atoms. The summed E-state index contributed by atoms with van der Waals surface area (Å²) in [5.74, 6) is 0.287. The van der Waals surface area contributed by atoms with Crippen molar-refractivity contribution in [3.05, 3.63) is 28.2 Å². The fourth-order valence-electron chi connectivity index (χ4n) is 1.29. The number of aromatic hydroxyl groups is 1. The molecule has 0 fully saturated rings. The van der Waals surface area contributed by atoms with Crippen LogP contribution in [0.25, 0.3) is 0 Å². The molecule has 0 spiro atoms. The van der Waals surface area contributed by atoms with Gasteiger partial charge in [0.05, 0.1) is 4.47 Å². The highest BCUT2D eigenvalue weighted by Gasteiger charge is 2.18. The molecule has 3 N–H and O–H groups in total. The van der Waals surface area contributed by atoms with E-state index in [1.165, 1.54) is 0 Å². The third kappa shape index (κ3) is 2.72. The van der Waals surface area contributed by atoms with Crippen molar-refractivity contribution in [2.75, 3.05) is 6.54 Å². The van der Waals surface area contributed by atoms with Crippen molar-refractivity contribution in [1.82, 2.24) is 0 Å². The number of hydrogen-bond donors (Lipinski definition) is 2. The molecule has 0 amide bonds. The molecule has 0 unspecified atom stereocenters. The summed E-state index contributed by atoms with van der Waals surface area (Å²) < 4.78 is 0.779. The van der Waals surface area contributed by atoms with Crippen molar-refractivity contribution in [1.29, 1.82) is 0 Å². The minimum atomic E-state index is 0.0658. The van der Waals surface area contributed by atoms with Crippen LogP contribution in [0.4, 0.5) is 0 Å². The van der Waals surface area contributed by atoms with Gasteiger partial charge in [0.15, 0.2) is 0 Å². The van der Waals surface area contributed by atoms with Gasteiger partial charge in [-0.15, -0.1) is 0 Å². The van der Waals surface area contributed by atoms with Gasteiger partial charge in [-0.1, -0.05) is 26.0 Å². The Hall–Kier alpha value is -0.540. The summed E-state index contributed by atoms with van der Waals surface area (Å²) in [4.78, 5) is 0. The molecule has 0 aromatic heterocycles. The lowest BCUT2D eigenvalue weighted by Gasteiger charge is -2.23. The van der Waals surface area contributed by atoms with E-state index in [0.717, 1.165) is 16.5 Å². The van der Waals surface area contributed by atoms with Crippen LogP contribution in [0, 0.1) is 5.41 Å². The number of benzene rings is 1. The molecule has 2 nitrogen and oxygen atoms in total. The molecule has 0 aliphatic rings. The summed E-state index contributed by atoms with van der Waals surface area (Å²) in [6.45, 7) is 4.86. The summed E-state index contributed by atoms with van der Waals surface area (Å²) in [5.41, 5.74) is 6.83. The molecule has 14 heavy (non-hydrogen) atoms. The van der Waals surface area contributed by atoms with E-state index in [9.17, 15) is 5.11 Å². The van der Waals surface area contributed by atoms with Crippen molar-refractivity contribution in [2.45, 2.75) is 20.3 Å². The van der Waals surface area contributed by atoms with Crippen molar-refractivity contribution in [3.63, 3.8) is 0 Å². The van der Waals surface area contributed by atoms with Crippen molar-refractivity contribution in [2.24, 2.45) is 11.1 Å². The number of nitrogens with two attached hydrogens (primary N) is 1. The van der Waals surface area contributed by atoms with Crippen LogP contribution in [0.1, 0.15) is 19.4 Å². The SMILES string of the molecule is CC(C)(CN)Cc1cccc(O)c1Br. The average molecular weight is 258 g/mol. The number of hydrogen-bond acceptors (Lipinski definition) is 2. The molecular formula is C11H16BrNO. The highest BCUT2D eigenvalue weighted by Crippen LogP contribution is 2.31. The monoisotopic (exact) mass is 257 g/mol. The normalized spacial score (nSPS) is 11.7. The van der Waals surface area contributed by atoms with Gasteiger partial charge in [0, 0.05) is 0 Å². The van der Waals surface area contributed by atoms with Gasteiger partial charge in [0.2, 0.25) is 0 Å². The second-order valence-electron chi connectivity index (χ2n) is 4.30. The lowest BCUT2D eigenvalue weighted by molar-refractivity contribution is 0.375. The molecule has 1 rings (SSSR count). The Kier molecular flexibility index (Phi) is 3.56. The van der Waals surface area contributed by atoms with Crippen molar-refractivity contribution in [3.8, 4) is 5.75 Å². The number of halogens is 1. The van der Waals surface area contributed by atoms with E-state index in [-0.39, 0.29) is 11.2 Å². The van der Waals surface area contributed by atoms with Gasteiger partial charge in [-0.3, -0.25) is 0 Å². The van der Waals surface area contributed by atoms with E-state index in [2.05, 4.69) is 29.8 Å². The topological polar surface area (TPSA) is 46.2 Å². The molecule has 3 heteroatoms. The van der Waals surface area contributed by atoms with Gasteiger partial charge in [-0.2, -0.15) is 0 Å². The highest BCUT2D eigenvalue weighted by molar-refractivity contribution is 9.10. The number of phenolic OH excluding ortho intramolecular Hbond substituents is 1. The quantitative estimate of drug-likeness (QED) is 0.875. The smallest absolute Gasteiger partial charge is 0.130 e. The maximum atomic E-state index is 9.49. The Morgan fingerprint density at radius 3 is 2.64 bits per heavy atom. The second kappa shape index (κ2) is 4.32. The summed E-state index contributed by atoms with van der Waals surface area (Å²) in [6.07, 6.45) is 0.860. The molecule has 1 aromatic carbocycles. The van der Waals surface area contributed by atoms with Gasteiger partial charge in [0.1, 0.15) is 5.75 Å². The standard InChI is InChI=1S/C11H16BrNO/c1-11(2,7-13)6-8-4-3-5-9(14)10(8)12/h3-5,14H,6-7,13H2,1-2H3. The lowest BCUT2D eigenvalue weighted by Crippen LogP contribution is -2.26. The molecule has 0 radical (unpaired) electrons. The summed E-state index contributed by atoms with van der Waals surface area (Å²) in [5, 5.41) is 9.49. The van der Waals surface area contributed by atoms with Crippen LogP contribution in [0.3, 0.4) is 0 Å². The zero-order valence-electron chi connectivity index (χ0n) is 8.55. The van der Waals surface area contributed by atoms with E-state index in [0.29, 0.717) is 6.54 Å². The fraction of sp³-hybridized carbons (Fsp3) is 0.455. The first-order chi connectivity index (χ1) is 6.46. The predicted octanol–water partition coefficient (Wildman–Crippen LogP) is 2.68. The molecule has 0 heterocycles. The maximum Gasteiger partial charge on any atom is 0.130 e. The molecule has 78 valence electrons. The van der Waals surface area contributed by atoms with Gasteiger partial charge >= 0.3 is 0 Å². The Morgan fingerprint density at radius 2 is 2.07 bits per heavy atom. The van der Waals surface area contributed by atoms with Crippen molar-refractivity contribution < 1.29 is 5.11 Å². The van der Waals surface area contributed by atoms with Crippen LogP contribution in [-0.2, 0) is 6.42 Å². The van der Waals surface area contributed by atoms with E-state index in [4.69, 9.17) is 5.73 Å². The van der Waals surface area contributed by atoms with E-state index >= 15 is 0 Å². The van der Waals surface area contributed by atoms with Crippen LogP contribution in [0.5, 0.6) is 5.75 Å². The van der Waals surface area contributed by atoms with Crippen LogP contribution >= 0.6 is 15.9 Å².